The van der Waals surface area contributed by atoms with Crippen LogP contribution < -0.4 is 0 Å². The molecule has 0 aromatic carbocycles. The second-order valence-corrected chi connectivity index (χ2v) is 5.37. The highest BCUT2D eigenvalue weighted by atomic mass is 35.5. The molecule has 3 rings (SSSR count). The van der Waals surface area contributed by atoms with E-state index in [0.717, 1.165) is 0 Å². The molecule has 3 aliphatic carbocycles. The van der Waals surface area contributed by atoms with Gasteiger partial charge in [-0.3, -0.25) is 0 Å². The molecule has 0 nitrogen and oxygen atoms in total. The Labute approximate surface area is 107 Å². The molecular weight excluding hydrogens is 228 g/mol. The Morgan fingerprint density at radius 2 is 0.765 bits per heavy atom. The smallest absolute Gasteiger partial charge is 0.0737 e. The summed E-state index contributed by atoms with van der Waals surface area (Å²) in [6.45, 7) is 0. The van der Waals surface area contributed by atoms with Crippen molar-refractivity contribution < 1.29 is 0 Å². The van der Waals surface area contributed by atoms with Gasteiger partial charge in [0.15, 0.2) is 0 Å². The van der Waals surface area contributed by atoms with Crippen molar-refractivity contribution in [1.29, 1.82) is 0 Å². The van der Waals surface area contributed by atoms with E-state index in [0.29, 0.717) is 17.8 Å². The SMILES string of the molecule is ClC(C1C=CC=C1)(C1C=CC=C1)C1C=CC=C1. The third-order valence-corrected chi connectivity index (χ3v) is 4.53. The Bertz CT molecular complexity index is 368. The van der Waals surface area contributed by atoms with Crippen LogP contribution in [0.15, 0.2) is 72.9 Å². The largest absolute Gasteiger partial charge is 0.116 e. The fraction of sp³-hybridized carbons (Fsp3) is 0.250. The molecule has 0 aliphatic heterocycles. The van der Waals surface area contributed by atoms with Crippen molar-refractivity contribution in [2.75, 3.05) is 0 Å². The van der Waals surface area contributed by atoms with Crippen molar-refractivity contribution in [3.63, 3.8) is 0 Å². The van der Waals surface area contributed by atoms with Crippen LogP contribution in [0.3, 0.4) is 0 Å². The van der Waals surface area contributed by atoms with Crippen LogP contribution in [-0.2, 0) is 0 Å². The summed E-state index contributed by atoms with van der Waals surface area (Å²) in [6, 6.07) is 0. The fourth-order valence-corrected chi connectivity index (χ4v) is 3.28. The summed E-state index contributed by atoms with van der Waals surface area (Å²) in [5, 5.41) is 0. The summed E-state index contributed by atoms with van der Waals surface area (Å²) in [5.74, 6) is 0.872. The van der Waals surface area contributed by atoms with Crippen LogP contribution in [-0.4, -0.2) is 4.87 Å². The number of alkyl halides is 1. The van der Waals surface area contributed by atoms with Crippen LogP contribution in [0, 0.1) is 17.8 Å². The van der Waals surface area contributed by atoms with Gasteiger partial charge in [0, 0.05) is 17.8 Å². The van der Waals surface area contributed by atoms with E-state index in [9.17, 15) is 0 Å². The summed E-state index contributed by atoms with van der Waals surface area (Å²) in [5.41, 5.74) is 0. The molecule has 0 radical (unpaired) electrons. The zero-order valence-corrected chi connectivity index (χ0v) is 10.3. The lowest BCUT2D eigenvalue weighted by Crippen LogP contribution is -2.41. The Balaban J connectivity index is 1.99. The molecule has 0 bridgehead atoms. The van der Waals surface area contributed by atoms with E-state index in [-0.39, 0.29) is 4.87 Å². The van der Waals surface area contributed by atoms with Gasteiger partial charge in [-0.25, -0.2) is 0 Å². The minimum absolute atomic E-state index is 0.291. The van der Waals surface area contributed by atoms with Gasteiger partial charge in [-0.1, -0.05) is 72.9 Å². The Kier molecular flexibility index (Phi) is 2.68. The maximum absolute atomic E-state index is 7.05. The predicted molar refractivity (Wildman–Crippen MR) is 73.9 cm³/mol. The third kappa shape index (κ3) is 1.68. The van der Waals surface area contributed by atoms with Crippen LogP contribution in [0.25, 0.3) is 0 Å². The van der Waals surface area contributed by atoms with Gasteiger partial charge >= 0.3 is 0 Å². The number of rotatable bonds is 3. The normalized spacial score (nSPS) is 23.8. The first-order chi connectivity index (χ1) is 8.32. The van der Waals surface area contributed by atoms with Crippen molar-refractivity contribution in [2.24, 2.45) is 17.8 Å². The van der Waals surface area contributed by atoms with Crippen LogP contribution in [0.1, 0.15) is 0 Å². The highest BCUT2D eigenvalue weighted by Gasteiger charge is 2.45. The highest BCUT2D eigenvalue weighted by molar-refractivity contribution is 6.25. The average Bonchev–Trinajstić information content (AvgIpc) is 3.10. The minimum Gasteiger partial charge on any atom is -0.116 e. The van der Waals surface area contributed by atoms with E-state index < -0.39 is 0 Å². The van der Waals surface area contributed by atoms with Crippen molar-refractivity contribution in [3.8, 4) is 0 Å². The van der Waals surface area contributed by atoms with Gasteiger partial charge in [-0.15, -0.1) is 11.6 Å². The van der Waals surface area contributed by atoms with Crippen LogP contribution in [0.4, 0.5) is 0 Å². The summed E-state index contributed by atoms with van der Waals surface area (Å²) < 4.78 is 0. The first kappa shape index (κ1) is 10.9. The molecule has 86 valence electrons. The van der Waals surface area contributed by atoms with Crippen LogP contribution in [0.2, 0.25) is 0 Å². The zero-order valence-electron chi connectivity index (χ0n) is 9.54. The van der Waals surface area contributed by atoms with E-state index in [1.165, 1.54) is 0 Å². The molecule has 0 spiro atoms. The topological polar surface area (TPSA) is 0 Å². The minimum atomic E-state index is -0.309. The molecule has 0 fully saturated rings. The molecule has 0 heterocycles. The molecule has 3 aliphatic rings. The molecule has 0 unspecified atom stereocenters. The van der Waals surface area contributed by atoms with Crippen molar-refractivity contribution in [3.05, 3.63) is 72.9 Å². The van der Waals surface area contributed by atoms with Gasteiger partial charge in [-0.05, 0) is 0 Å². The summed E-state index contributed by atoms with van der Waals surface area (Å²) >= 11 is 7.05. The first-order valence-corrected chi connectivity index (χ1v) is 6.43. The zero-order chi connectivity index (χ0) is 11.7. The molecule has 0 N–H and O–H groups in total. The van der Waals surface area contributed by atoms with Crippen LogP contribution >= 0.6 is 11.6 Å². The third-order valence-electron chi connectivity index (χ3n) is 3.78. The fourth-order valence-electron chi connectivity index (χ4n) is 2.85. The Morgan fingerprint density at radius 3 is 1.00 bits per heavy atom. The van der Waals surface area contributed by atoms with Crippen LogP contribution in [0.5, 0.6) is 0 Å². The van der Waals surface area contributed by atoms with Gasteiger partial charge in [-0.2, -0.15) is 0 Å². The van der Waals surface area contributed by atoms with E-state index in [4.69, 9.17) is 11.6 Å². The van der Waals surface area contributed by atoms with E-state index in [1.807, 2.05) is 0 Å². The van der Waals surface area contributed by atoms with Gasteiger partial charge < -0.3 is 0 Å². The van der Waals surface area contributed by atoms with E-state index >= 15 is 0 Å². The molecule has 17 heavy (non-hydrogen) atoms. The number of halogens is 1. The standard InChI is InChI=1S/C16H15Cl/c17-16(13-7-1-2-8-13,14-9-3-4-10-14)15-11-5-6-12-15/h1-15H. The lowest BCUT2D eigenvalue weighted by atomic mass is 9.73. The maximum atomic E-state index is 7.05. The molecule has 0 aromatic heterocycles. The Hall–Kier alpha value is -1.27. The molecule has 0 saturated carbocycles. The first-order valence-electron chi connectivity index (χ1n) is 6.06. The van der Waals surface area contributed by atoms with Gasteiger partial charge in [0.1, 0.15) is 0 Å². The molecule has 1 heteroatoms. The van der Waals surface area contributed by atoms with Crippen molar-refractivity contribution in [2.45, 2.75) is 4.87 Å². The van der Waals surface area contributed by atoms with Crippen molar-refractivity contribution >= 4 is 11.6 Å². The second-order valence-electron chi connectivity index (χ2n) is 4.71. The van der Waals surface area contributed by atoms with Gasteiger partial charge in [0.25, 0.3) is 0 Å². The van der Waals surface area contributed by atoms with Gasteiger partial charge in [0.2, 0.25) is 0 Å². The monoisotopic (exact) mass is 242 g/mol. The van der Waals surface area contributed by atoms with Crippen molar-refractivity contribution in [1.82, 2.24) is 0 Å². The predicted octanol–water partition coefficient (Wildman–Crippen LogP) is 4.19. The number of allylic oxidation sites excluding steroid dienone is 12. The summed E-state index contributed by atoms with van der Waals surface area (Å²) in [4.78, 5) is -0.309. The second kappa shape index (κ2) is 4.19. The quantitative estimate of drug-likeness (QED) is 0.651. The highest BCUT2D eigenvalue weighted by Crippen LogP contribution is 2.47. The van der Waals surface area contributed by atoms with Gasteiger partial charge in [0.05, 0.1) is 4.87 Å². The maximum Gasteiger partial charge on any atom is 0.0737 e. The van der Waals surface area contributed by atoms with E-state index in [2.05, 4.69) is 72.9 Å². The molecule has 0 saturated heterocycles. The molecule has 0 aromatic rings. The lowest BCUT2D eigenvalue weighted by molar-refractivity contribution is 0.384. The number of hydrogen-bond donors (Lipinski definition) is 0. The molecular formula is C16H15Cl. The summed E-state index contributed by atoms with van der Waals surface area (Å²) in [7, 11) is 0. The Morgan fingerprint density at radius 1 is 0.529 bits per heavy atom. The lowest BCUT2D eigenvalue weighted by Gasteiger charge is -2.39. The molecule has 0 atom stereocenters. The molecule has 0 amide bonds. The number of hydrogen-bond acceptors (Lipinski definition) is 0. The average molecular weight is 243 g/mol. The van der Waals surface area contributed by atoms with E-state index in [1.54, 1.807) is 0 Å². The summed E-state index contributed by atoms with van der Waals surface area (Å²) in [6.07, 6.45) is 25.7.